The average Bonchev–Trinajstić information content (AvgIpc) is 2.94. The molecule has 0 aromatic carbocycles. The molecule has 5 heteroatoms. The van der Waals surface area contributed by atoms with Crippen LogP contribution in [0.5, 0.6) is 0 Å². The summed E-state index contributed by atoms with van der Waals surface area (Å²) in [6, 6.07) is 3.98. The average molecular weight is 295 g/mol. The van der Waals surface area contributed by atoms with Crippen molar-refractivity contribution in [1.29, 1.82) is 0 Å². The van der Waals surface area contributed by atoms with Crippen molar-refractivity contribution in [3.05, 3.63) is 28.6 Å². The van der Waals surface area contributed by atoms with Crippen LogP contribution in [0.25, 0.3) is 5.65 Å². The predicted octanol–water partition coefficient (Wildman–Crippen LogP) is 2.13. The van der Waals surface area contributed by atoms with Gasteiger partial charge >= 0.3 is 0 Å². The molecular weight excluding hydrogens is 280 g/mol. The lowest BCUT2D eigenvalue weighted by Gasteiger charge is -2.13. The summed E-state index contributed by atoms with van der Waals surface area (Å²) in [5, 5.41) is 8.44. The Balaban J connectivity index is 1.77. The molecule has 2 aromatic heterocycles. The summed E-state index contributed by atoms with van der Waals surface area (Å²) >= 11 is 3.48. The molecule has 0 bridgehead atoms. The van der Waals surface area contributed by atoms with Gasteiger partial charge in [0.05, 0.1) is 0 Å². The fourth-order valence-corrected chi connectivity index (χ4v) is 2.68. The minimum absolute atomic E-state index is 0.921. The Hall–Kier alpha value is -0.940. The van der Waals surface area contributed by atoms with Gasteiger partial charge in [0, 0.05) is 23.6 Å². The second-order valence-electron chi connectivity index (χ2n) is 4.49. The zero-order valence-corrected chi connectivity index (χ0v) is 11.2. The number of halogens is 1. The van der Waals surface area contributed by atoms with Gasteiger partial charge in [-0.15, -0.1) is 10.2 Å². The van der Waals surface area contributed by atoms with E-state index in [1.54, 1.807) is 0 Å². The van der Waals surface area contributed by atoms with Gasteiger partial charge in [0.25, 0.3) is 0 Å². The number of pyridine rings is 1. The third-order valence-corrected chi connectivity index (χ3v) is 3.76. The highest BCUT2D eigenvalue weighted by molar-refractivity contribution is 9.10. The second-order valence-corrected chi connectivity index (χ2v) is 5.41. The number of likely N-dealkylation sites (tertiary alicyclic amines) is 1. The van der Waals surface area contributed by atoms with Crippen molar-refractivity contribution in [2.75, 3.05) is 19.6 Å². The fourth-order valence-electron chi connectivity index (χ4n) is 2.35. The first-order chi connectivity index (χ1) is 8.33. The molecule has 0 amide bonds. The summed E-state index contributed by atoms with van der Waals surface area (Å²) in [6.07, 6.45) is 5.69. The Bertz CT molecular complexity index is 516. The Morgan fingerprint density at radius 3 is 2.82 bits per heavy atom. The summed E-state index contributed by atoms with van der Waals surface area (Å²) in [5.41, 5.74) is 0.921. The van der Waals surface area contributed by atoms with Crippen LogP contribution in [-0.2, 0) is 6.42 Å². The van der Waals surface area contributed by atoms with Crippen LogP contribution in [0.3, 0.4) is 0 Å². The molecule has 3 rings (SSSR count). The molecule has 0 unspecified atom stereocenters. The van der Waals surface area contributed by atoms with Crippen molar-refractivity contribution < 1.29 is 0 Å². The topological polar surface area (TPSA) is 33.4 Å². The zero-order chi connectivity index (χ0) is 11.7. The lowest BCUT2D eigenvalue weighted by atomic mass is 10.3. The second kappa shape index (κ2) is 4.74. The summed E-state index contributed by atoms with van der Waals surface area (Å²) in [5.74, 6) is 1.05. The van der Waals surface area contributed by atoms with E-state index in [9.17, 15) is 0 Å². The quantitative estimate of drug-likeness (QED) is 0.870. The van der Waals surface area contributed by atoms with Crippen LogP contribution in [0.1, 0.15) is 18.7 Å². The molecule has 0 spiro atoms. The van der Waals surface area contributed by atoms with Gasteiger partial charge in [0.2, 0.25) is 0 Å². The Kier molecular flexibility index (Phi) is 3.11. The van der Waals surface area contributed by atoms with E-state index in [0.717, 1.165) is 28.9 Å². The SMILES string of the molecule is Brc1ccc2nnc(CCN3CCCC3)n2c1. The molecule has 4 nitrogen and oxygen atoms in total. The molecule has 3 heterocycles. The maximum absolute atomic E-state index is 4.26. The normalized spacial score (nSPS) is 17.0. The van der Waals surface area contributed by atoms with Gasteiger partial charge in [-0.3, -0.25) is 4.40 Å². The first kappa shape index (κ1) is 11.2. The Labute approximate surface area is 109 Å². The fraction of sp³-hybridized carbons (Fsp3) is 0.500. The van der Waals surface area contributed by atoms with Crippen molar-refractivity contribution >= 4 is 21.6 Å². The van der Waals surface area contributed by atoms with Gasteiger partial charge in [-0.2, -0.15) is 0 Å². The lowest BCUT2D eigenvalue weighted by Crippen LogP contribution is -2.22. The Morgan fingerprint density at radius 1 is 1.18 bits per heavy atom. The molecule has 1 saturated heterocycles. The minimum Gasteiger partial charge on any atom is -0.303 e. The van der Waals surface area contributed by atoms with Crippen LogP contribution in [0.4, 0.5) is 0 Å². The molecular formula is C12H15BrN4. The third-order valence-electron chi connectivity index (χ3n) is 3.29. The number of rotatable bonds is 3. The predicted molar refractivity (Wildman–Crippen MR) is 70.1 cm³/mol. The number of fused-ring (bicyclic) bond motifs is 1. The van der Waals surface area contributed by atoms with E-state index in [0.29, 0.717) is 0 Å². The molecule has 90 valence electrons. The highest BCUT2D eigenvalue weighted by Gasteiger charge is 2.13. The summed E-state index contributed by atoms with van der Waals surface area (Å²) in [7, 11) is 0. The van der Waals surface area contributed by atoms with E-state index in [1.165, 1.54) is 25.9 Å². The molecule has 1 fully saturated rings. The first-order valence-electron chi connectivity index (χ1n) is 6.04. The molecule has 2 aromatic rings. The van der Waals surface area contributed by atoms with Crippen molar-refractivity contribution in [3.8, 4) is 0 Å². The molecule has 0 atom stereocenters. The van der Waals surface area contributed by atoms with Crippen LogP contribution < -0.4 is 0 Å². The first-order valence-corrected chi connectivity index (χ1v) is 6.84. The molecule has 17 heavy (non-hydrogen) atoms. The van der Waals surface area contributed by atoms with E-state index in [4.69, 9.17) is 0 Å². The van der Waals surface area contributed by atoms with Gasteiger partial charge in [0.1, 0.15) is 5.82 Å². The summed E-state index contributed by atoms with van der Waals surface area (Å²) in [6.45, 7) is 3.56. The van der Waals surface area contributed by atoms with Crippen molar-refractivity contribution in [2.24, 2.45) is 0 Å². The third kappa shape index (κ3) is 2.35. The highest BCUT2D eigenvalue weighted by Crippen LogP contribution is 2.13. The van der Waals surface area contributed by atoms with Gasteiger partial charge in [0.15, 0.2) is 5.65 Å². The Morgan fingerprint density at radius 2 is 2.00 bits per heavy atom. The largest absolute Gasteiger partial charge is 0.303 e. The van der Waals surface area contributed by atoms with Crippen molar-refractivity contribution in [3.63, 3.8) is 0 Å². The van der Waals surface area contributed by atoms with Gasteiger partial charge < -0.3 is 4.90 Å². The maximum atomic E-state index is 4.26. The van der Waals surface area contributed by atoms with Gasteiger partial charge in [-0.25, -0.2) is 0 Å². The highest BCUT2D eigenvalue weighted by atomic mass is 79.9. The molecule has 1 aliphatic heterocycles. The van der Waals surface area contributed by atoms with Crippen LogP contribution in [0.15, 0.2) is 22.8 Å². The number of hydrogen-bond acceptors (Lipinski definition) is 3. The number of nitrogens with zero attached hydrogens (tertiary/aromatic N) is 4. The molecule has 1 aliphatic rings. The maximum Gasteiger partial charge on any atom is 0.160 e. The van der Waals surface area contributed by atoms with Crippen LogP contribution >= 0.6 is 15.9 Å². The van der Waals surface area contributed by atoms with E-state index in [1.807, 2.05) is 18.3 Å². The standard InChI is InChI=1S/C12H15BrN4/c13-10-3-4-11-14-15-12(17(11)9-10)5-8-16-6-1-2-7-16/h3-4,9H,1-2,5-8H2. The van der Waals surface area contributed by atoms with E-state index in [2.05, 4.69) is 35.4 Å². The summed E-state index contributed by atoms with van der Waals surface area (Å²) < 4.78 is 3.13. The number of hydrogen-bond donors (Lipinski definition) is 0. The van der Waals surface area contributed by atoms with Crippen LogP contribution in [-0.4, -0.2) is 39.1 Å². The van der Waals surface area contributed by atoms with Crippen LogP contribution in [0, 0.1) is 0 Å². The van der Waals surface area contributed by atoms with E-state index in [-0.39, 0.29) is 0 Å². The smallest absolute Gasteiger partial charge is 0.160 e. The van der Waals surface area contributed by atoms with E-state index >= 15 is 0 Å². The van der Waals surface area contributed by atoms with Crippen molar-refractivity contribution in [1.82, 2.24) is 19.5 Å². The van der Waals surface area contributed by atoms with E-state index < -0.39 is 0 Å². The van der Waals surface area contributed by atoms with Crippen LogP contribution in [0.2, 0.25) is 0 Å². The molecule has 0 saturated carbocycles. The summed E-state index contributed by atoms with van der Waals surface area (Å²) in [4.78, 5) is 2.50. The molecule has 0 radical (unpaired) electrons. The lowest BCUT2D eigenvalue weighted by molar-refractivity contribution is 0.340. The van der Waals surface area contributed by atoms with Gasteiger partial charge in [-0.1, -0.05) is 0 Å². The molecule has 0 N–H and O–H groups in total. The zero-order valence-electron chi connectivity index (χ0n) is 9.64. The molecule has 0 aliphatic carbocycles. The van der Waals surface area contributed by atoms with Crippen molar-refractivity contribution in [2.45, 2.75) is 19.3 Å². The monoisotopic (exact) mass is 294 g/mol. The number of aromatic nitrogens is 3. The van der Waals surface area contributed by atoms with Gasteiger partial charge in [-0.05, 0) is 54.0 Å². The minimum atomic E-state index is 0.921.